The van der Waals surface area contributed by atoms with Gasteiger partial charge in [-0.15, -0.1) is 0 Å². The van der Waals surface area contributed by atoms with E-state index in [2.05, 4.69) is 0 Å². The highest BCUT2D eigenvalue weighted by atomic mass is 35.7. The van der Waals surface area contributed by atoms with Crippen LogP contribution in [0.1, 0.15) is 19.3 Å². The van der Waals surface area contributed by atoms with Crippen molar-refractivity contribution in [2.45, 2.75) is 25.2 Å². The molecule has 72 valence electrons. The van der Waals surface area contributed by atoms with Gasteiger partial charge in [-0.3, -0.25) is 0 Å². The molecule has 1 fully saturated rings. The molecule has 0 radical (unpaired) electrons. The molecule has 0 amide bonds. The fourth-order valence-corrected chi connectivity index (χ4v) is 2.79. The van der Waals surface area contributed by atoms with Crippen molar-refractivity contribution in [3.63, 3.8) is 0 Å². The van der Waals surface area contributed by atoms with Crippen molar-refractivity contribution >= 4 is 19.7 Å². The van der Waals surface area contributed by atoms with Crippen LogP contribution in [0.2, 0.25) is 0 Å². The maximum Gasteiger partial charge on any atom is 0.251 e. The molecule has 1 aliphatic carbocycles. The van der Waals surface area contributed by atoms with Gasteiger partial charge >= 0.3 is 0 Å². The van der Waals surface area contributed by atoms with Gasteiger partial charge in [0, 0.05) is 23.0 Å². The Morgan fingerprint density at radius 2 is 2.08 bits per heavy atom. The molecule has 2 nitrogen and oxygen atoms in total. The van der Waals surface area contributed by atoms with E-state index in [0.717, 1.165) is 0 Å². The van der Waals surface area contributed by atoms with E-state index in [4.69, 9.17) is 10.7 Å². The lowest BCUT2D eigenvalue weighted by Crippen LogP contribution is -2.26. The summed E-state index contributed by atoms with van der Waals surface area (Å²) >= 11 is 0. The normalized spacial score (nSPS) is 29.1. The first-order valence-electron chi connectivity index (χ1n) is 3.61. The Hall–Kier alpha value is 0.1000. The van der Waals surface area contributed by atoms with Crippen molar-refractivity contribution in [1.29, 1.82) is 0 Å². The van der Waals surface area contributed by atoms with E-state index in [9.17, 15) is 17.2 Å². The Bertz CT molecular complexity index is 263. The second kappa shape index (κ2) is 3.10. The van der Waals surface area contributed by atoms with Gasteiger partial charge in [-0.1, -0.05) is 0 Å². The van der Waals surface area contributed by atoms with Crippen LogP contribution in [-0.4, -0.2) is 20.1 Å². The predicted molar refractivity (Wildman–Crippen MR) is 41.9 cm³/mol. The van der Waals surface area contributed by atoms with Crippen LogP contribution in [0.3, 0.4) is 0 Å². The van der Waals surface area contributed by atoms with Crippen LogP contribution in [0.15, 0.2) is 0 Å². The molecule has 0 N–H and O–H groups in total. The zero-order chi connectivity index (χ0) is 9.41. The summed E-state index contributed by atoms with van der Waals surface area (Å²) in [6.45, 7) is 0. The van der Waals surface area contributed by atoms with E-state index in [1.807, 2.05) is 0 Å². The second-order valence-corrected chi connectivity index (χ2v) is 5.88. The van der Waals surface area contributed by atoms with Crippen molar-refractivity contribution in [3.8, 4) is 0 Å². The third kappa shape index (κ3) is 2.55. The lowest BCUT2D eigenvalue weighted by atomic mass is 10.1. The van der Waals surface area contributed by atoms with Crippen molar-refractivity contribution in [2.24, 2.45) is 5.92 Å². The summed E-state index contributed by atoms with van der Waals surface area (Å²) in [7, 11) is 1.09. The molecule has 1 saturated carbocycles. The zero-order valence-electron chi connectivity index (χ0n) is 6.26. The zero-order valence-corrected chi connectivity index (χ0v) is 7.84. The van der Waals surface area contributed by atoms with Crippen LogP contribution in [-0.2, 0) is 9.05 Å². The second-order valence-electron chi connectivity index (χ2n) is 3.06. The fraction of sp³-hybridized carbons (Fsp3) is 1.00. The van der Waals surface area contributed by atoms with Gasteiger partial charge in [0.1, 0.15) is 0 Å². The number of hydrogen-bond acceptors (Lipinski definition) is 2. The van der Waals surface area contributed by atoms with Crippen LogP contribution in [0.25, 0.3) is 0 Å². The molecule has 6 heteroatoms. The molecule has 0 bridgehead atoms. The van der Waals surface area contributed by atoms with E-state index in [1.165, 1.54) is 0 Å². The van der Waals surface area contributed by atoms with E-state index in [0.29, 0.717) is 6.42 Å². The van der Waals surface area contributed by atoms with Gasteiger partial charge < -0.3 is 0 Å². The van der Waals surface area contributed by atoms with Crippen molar-refractivity contribution in [1.82, 2.24) is 0 Å². The number of halogens is 3. The summed E-state index contributed by atoms with van der Waals surface area (Å²) < 4.78 is 46.6. The topological polar surface area (TPSA) is 34.1 Å². The summed E-state index contributed by atoms with van der Waals surface area (Å²) in [5.74, 6) is -4.54. The standard InChI is InChI=1S/C6H9ClF2O2S/c7-12(10,11)4-5-2-1-3-6(5,8)9/h5H,1-4H2. The minimum Gasteiger partial charge on any atom is -0.212 e. The summed E-state index contributed by atoms with van der Waals surface area (Å²) in [6.07, 6.45) is 0.410. The molecule has 1 aliphatic rings. The maximum atomic E-state index is 12.8. The molecule has 0 saturated heterocycles. The van der Waals surface area contributed by atoms with Crippen LogP contribution >= 0.6 is 10.7 Å². The smallest absolute Gasteiger partial charge is 0.212 e. The first kappa shape index (κ1) is 10.2. The Morgan fingerprint density at radius 1 is 1.50 bits per heavy atom. The molecule has 1 atom stereocenters. The van der Waals surface area contributed by atoms with Gasteiger partial charge in [0.15, 0.2) is 0 Å². The highest BCUT2D eigenvalue weighted by Gasteiger charge is 2.45. The average molecular weight is 219 g/mol. The quantitative estimate of drug-likeness (QED) is 0.665. The van der Waals surface area contributed by atoms with Gasteiger partial charge in [-0.25, -0.2) is 17.2 Å². The molecular weight excluding hydrogens is 210 g/mol. The van der Waals surface area contributed by atoms with E-state index in [-0.39, 0.29) is 12.8 Å². The molecule has 0 spiro atoms. The molecule has 1 unspecified atom stereocenters. The van der Waals surface area contributed by atoms with Crippen LogP contribution in [0, 0.1) is 5.92 Å². The van der Waals surface area contributed by atoms with Crippen LogP contribution < -0.4 is 0 Å². The Morgan fingerprint density at radius 3 is 2.42 bits per heavy atom. The molecular formula is C6H9ClF2O2S. The summed E-state index contributed by atoms with van der Waals surface area (Å²) in [5.41, 5.74) is 0. The Balaban J connectivity index is 2.65. The van der Waals surface area contributed by atoms with E-state index >= 15 is 0 Å². The Labute approximate surface area is 74.3 Å². The van der Waals surface area contributed by atoms with Crippen molar-refractivity contribution in [2.75, 3.05) is 5.75 Å². The molecule has 0 aliphatic heterocycles. The number of hydrogen-bond donors (Lipinski definition) is 0. The van der Waals surface area contributed by atoms with Crippen molar-refractivity contribution in [3.05, 3.63) is 0 Å². The third-order valence-electron chi connectivity index (χ3n) is 2.06. The highest BCUT2D eigenvalue weighted by molar-refractivity contribution is 8.13. The van der Waals surface area contributed by atoms with Crippen molar-refractivity contribution < 1.29 is 17.2 Å². The molecule has 0 aromatic rings. The van der Waals surface area contributed by atoms with Gasteiger partial charge in [-0.05, 0) is 12.8 Å². The first-order chi connectivity index (χ1) is 5.31. The highest BCUT2D eigenvalue weighted by Crippen LogP contribution is 2.41. The number of rotatable bonds is 2. The van der Waals surface area contributed by atoms with Gasteiger partial charge in [0.05, 0.1) is 5.75 Å². The first-order valence-corrected chi connectivity index (χ1v) is 6.09. The summed E-state index contributed by atoms with van der Waals surface area (Å²) in [4.78, 5) is 0. The maximum absolute atomic E-state index is 12.8. The fourth-order valence-electron chi connectivity index (χ4n) is 1.45. The van der Waals surface area contributed by atoms with Crippen LogP contribution in [0.4, 0.5) is 8.78 Å². The SMILES string of the molecule is O=S(=O)(Cl)CC1CCCC1(F)F. The minimum absolute atomic E-state index is 0.218. The van der Waals surface area contributed by atoms with Crippen LogP contribution in [0.5, 0.6) is 0 Å². The molecule has 0 aromatic heterocycles. The van der Waals surface area contributed by atoms with Gasteiger partial charge in [0.2, 0.25) is 9.05 Å². The summed E-state index contributed by atoms with van der Waals surface area (Å²) in [5, 5.41) is 0. The van der Waals surface area contributed by atoms with Gasteiger partial charge in [0.25, 0.3) is 5.92 Å². The molecule has 1 rings (SSSR count). The molecule has 0 heterocycles. The number of alkyl halides is 2. The third-order valence-corrected chi connectivity index (χ3v) is 3.24. The molecule has 0 aromatic carbocycles. The lowest BCUT2D eigenvalue weighted by molar-refractivity contribution is -0.0286. The predicted octanol–water partition coefficient (Wildman–Crippen LogP) is 1.99. The minimum atomic E-state index is -3.79. The largest absolute Gasteiger partial charge is 0.251 e. The van der Waals surface area contributed by atoms with Gasteiger partial charge in [-0.2, -0.15) is 0 Å². The Kier molecular flexibility index (Phi) is 2.63. The summed E-state index contributed by atoms with van der Waals surface area (Å²) in [6, 6.07) is 0. The van der Waals surface area contributed by atoms with E-state index < -0.39 is 26.6 Å². The monoisotopic (exact) mass is 218 g/mol. The van der Waals surface area contributed by atoms with E-state index in [1.54, 1.807) is 0 Å². The molecule has 12 heavy (non-hydrogen) atoms. The average Bonchev–Trinajstić information content (AvgIpc) is 2.07. The lowest BCUT2D eigenvalue weighted by Gasteiger charge is -2.16.